The third-order valence-electron chi connectivity index (χ3n) is 1.18. The fourth-order valence-electron chi connectivity index (χ4n) is 0.650. The van der Waals surface area contributed by atoms with Crippen LogP contribution in [0.5, 0.6) is 5.75 Å². The lowest BCUT2D eigenvalue weighted by atomic mass is 10.2. The smallest absolute Gasteiger partial charge is 0.144 e. The first kappa shape index (κ1) is 4.35. The van der Waals surface area contributed by atoms with Crippen molar-refractivity contribution >= 4 is 0 Å². The van der Waals surface area contributed by atoms with Gasteiger partial charge in [-0.1, -0.05) is 0 Å². The maximum Gasteiger partial charge on any atom is 0.144 e. The van der Waals surface area contributed by atoms with E-state index in [1.807, 2.05) is 0 Å². The topological polar surface area (TPSA) is 33.0 Å². The molecule has 0 saturated heterocycles. The molecule has 0 N–H and O–H groups in total. The van der Waals surface area contributed by atoms with Gasteiger partial charge in [-0.25, -0.2) is 4.39 Å². The van der Waals surface area contributed by atoms with Crippen LogP contribution in [0, 0.1) is 17.1 Å². The van der Waals surface area contributed by atoms with Crippen molar-refractivity contribution in [3.8, 4) is 11.8 Å². The molecule has 0 aliphatic rings. The van der Waals surface area contributed by atoms with Crippen molar-refractivity contribution in [2.45, 2.75) is 0 Å². The summed E-state index contributed by atoms with van der Waals surface area (Å²) in [5, 5.41) is 8.40. The molecule has 0 saturated carbocycles. The Kier molecular flexibility index (Phi) is 1.19. The van der Waals surface area contributed by atoms with Crippen LogP contribution in [0.1, 0.15) is 9.68 Å². The van der Waals surface area contributed by atoms with Crippen LogP contribution in [0.15, 0.2) is 18.2 Å². The quantitative estimate of drug-likeness (QED) is 0.616. The first-order valence-corrected chi connectivity index (χ1v) is 2.81. The minimum Gasteiger partial charge on any atom is -0.497 e. The summed E-state index contributed by atoms with van der Waals surface area (Å²) >= 11 is 0. The highest BCUT2D eigenvalue weighted by Crippen LogP contribution is 2.14. The van der Waals surface area contributed by atoms with E-state index < -0.39 is 12.9 Å². The van der Waals surface area contributed by atoms with Crippen LogP contribution in [0.2, 0.25) is 0 Å². The zero-order chi connectivity index (χ0) is 10.8. The summed E-state index contributed by atoms with van der Waals surface area (Å²) in [5.74, 6) is -0.921. The molecule has 0 heterocycles. The molecule has 0 aromatic heterocycles. The second kappa shape index (κ2) is 3.02. The van der Waals surface area contributed by atoms with Gasteiger partial charge in [0.1, 0.15) is 17.6 Å². The average molecular weight is 154 g/mol. The molecule has 0 radical (unpaired) electrons. The number of methoxy groups -OCH3 is 1. The predicted molar refractivity (Wildman–Crippen MR) is 37.7 cm³/mol. The van der Waals surface area contributed by atoms with Crippen molar-refractivity contribution in [1.82, 2.24) is 0 Å². The van der Waals surface area contributed by atoms with Crippen LogP contribution in [0.4, 0.5) is 4.39 Å². The fraction of sp³-hybridized carbons (Fsp3) is 0.125. The molecule has 1 rings (SSSR count). The number of benzene rings is 1. The van der Waals surface area contributed by atoms with E-state index in [1.54, 1.807) is 6.07 Å². The number of hydrogen-bond donors (Lipinski definition) is 0. The fourth-order valence-corrected chi connectivity index (χ4v) is 0.650. The highest BCUT2D eigenvalue weighted by atomic mass is 19.1. The van der Waals surface area contributed by atoms with Gasteiger partial charge in [0.2, 0.25) is 0 Å². The summed E-state index contributed by atoms with van der Waals surface area (Å²) < 4.78 is 37.7. The van der Waals surface area contributed by atoms with Crippen molar-refractivity contribution < 1.29 is 13.2 Å². The molecule has 3 heteroatoms. The van der Waals surface area contributed by atoms with E-state index in [2.05, 4.69) is 4.74 Å². The minimum absolute atomic E-state index is 0.124. The second-order valence-electron chi connectivity index (χ2n) is 1.86. The Labute approximate surface area is 68.0 Å². The Morgan fingerprint density at radius 1 is 1.73 bits per heavy atom. The molecule has 2 nitrogen and oxygen atoms in total. The molecule has 1 aromatic carbocycles. The molecule has 0 spiro atoms. The summed E-state index contributed by atoms with van der Waals surface area (Å²) in [6.07, 6.45) is 0. The number of nitriles is 1. The van der Waals surface area contributed by atoms with Crippen molar-refractivity contribution in [3.05, 3.63) is 29.6 Å². The van der Waals surface area contributed by atoms with E-state index >= 15 is 0 Å². The molecule has 11 heavy (non-hydrogen) atoms. The van der Waals surface area contributed by atoms with Gasteiger partial charge in [0.25, 0.3) is 0 Å². The van der Waals surface area contributed by atoms with Crippen LogP contribution in [0.3, 0.4) is 0 Å². The first-order valence-electron chi connectivity index (χ1n) is 4.31. The number of ether oxygens (including phenoxy) is 1. The highest BCUT2D eigenvalue weighted by Gasteiger charge is 2.01. The third kappa shape index (κ3) is 1.47. The van der Waals surface area contributed by atoms with Gasteiger partial charge >= 0.3 is 0 Å². The molecule has 56 valence electrons. The van der Waals surface area contributed by atoms with Crippen LogP contribution >= 0.6 is 0 Å². The Hall–Kier alpha value is -1.56. The van der Waals surface area contributed by atoms with E-state index in [1.165, 1.54) is 6.07 Å². The molecule has 0 bridgehead atoms. The average Bonchev–Trinajstić information content (AvgIpc) is 2.01. The minimum atomic E-state index is -2.61. The van der Waals surface area contributed by atoms with E-state index in [0.717, 1.165) is 12.1 Å². The van der Waals surface area contributed by atoms with Crippen LogP contribution in [0.25, 0.3) is 0 Å². The summed E-state index contributed by atoms with van der Waals surface area (Å²) in [7, 11) is -2.61. The van der Waals surface area contributed by atoms with Gasteiger partial charge < -0.3 is 4.74 Å². The Bertz CT molecular complexity index is 383. The number of rotatable bonds is 1. The zero-order valence-electron chi connectivity index (χ0n) is 8.47. The SMILES string of the molecule is [2H]C([2H])([2H])Oc1ccc(C#N)c(F)c1. The molecular weight excluding hydrogens is 145 g/mol. The van der Waals surface area contributed by atoms with Crippen LogP contribution in [-0.4, -0.2) is 7.04 Å². The van der Waals surface area contributed by atoms with Gasteiger partial charge in [0.05, 0.1) is 16.7 Å². The molecule has 1 aromatic rings. The summed E-state index contributed by atoms with van der Waals surface area (Å²) in [4.78, 5) is 0. The normalized spacial score (nSPS) is 14.0. The summed E-state index contributed by atoms with van der Waals surface area (Å²) in [5.41, 5.74) is -0.150. The largest absolute Gasteiger partial charge is 0.497 e. The predicted octanol–water partition coefficient (Wildman–Crippen LogP) is 1.71. The Morgan fingerprint density at radius 2 is 2.55 bits per heavy atom. The lowest BCUT2D eigenvalue weighted by Gasteiger charge is -1.98. The highest BCUT2D eigenvalue weighted by molar-refractivity contribution is 5.36. The van der Waals surface area contributed by atoms with E-state index in [-0.39, 0.29) is 11.3 Å². The van der Waals surface area contributed by atoms with Gasteiger partial charge in [0, 0.05) is 6.07 Å². The second-order valence-corrected chi connectivity index (χ2v) is 1.86. The summed E-state index contributed by atoms with van der Waals surface area (Å²) in [6, 6.07) is 4.87. The van der Waals surface area contributed by atoms with Crippen LogP contribution < -0.4 is 4.74 Å². The van der Waals surface area contributed by atoms with Crippen molar-refractivity contribution in [2.24, 2.45) is 0 Å². The first-order chi connectivity index (χ1) is 6.42. The Balaban J connectivity index is 2.94. The van der Waals surface area contributed by atoms with Crippen molar-refractivity contribution in [3.63, 3.8) is 0 Å². The van der Waals surface area contributed by atoms with E-state index in [4.69, 9.17) is 9.37 Å². The number of nitrogens with zero attached hydrogens (tertiary/aromatic N) is 1. The van der Waals surface area contributed by atoms with Gasteiger partial charge in [0.15, 0.2) is 0 Å². The summed E-state index contributed by atoms with van der Waals surface area (Å²) in [6.45, 7) is 0. The third-order valence-corrected chi connectivity index (χ3v) is 1.18. The molecule has 0 fully saturated rings. The van der Waals surface area contributed by atoms with Crippen LogP contribution in [-0.2, 0) is 0 Å². The van der Waals surface area contributed by atoms with Gasteiger partial charge in [-0.2, -0.15) is 5.26 Å². The molecule has 0 amide bonds. The van der Waals surface area contributed by atoms with E-state index in [0.29, 0.717) is 0 Å². The van der Waals surface area contributed by atoms with E-state index in [9.17, 15) is 4.39 Å². The molecule has 0 unspecified atom stereocenters. The molecule has 0 aliphatic heterocycles. The van der Waals surface area contributed by atoms with Gasteiger partial charge in [-0.05, 0) is 12.1 Å². The monoisotopic (exact) mass is 154 g/mol. The van der Waals surface area contributed by atoms with Crippen molar-refractivity contribution in [1.29, 1.82) is 5.26 Å². The Morgan fingerprint density at radius 3 is 3.09 bits per heavy atom. The van der Waals surface area contributed by atoms with Gasteiger partial charge in [-0.3, -0.25) is 0 Å². The number of hydrogen-bond acceptors (Lipinski definition) is 2. The van der Waals surface area contributed by atoms with Crippen molar-refractivity contribution in [2.75, 3.05) is 7.04 Å². The molecule has 0 aliphatic carbocycles. The molecular formula is C8H6FNO. The lowest BCUT2D eigenvalue weighted by molar-refractivity contribution is 0.411. The molecule has 0 atom stereocenters. The lowest BCUT2D eigenvalue weighted by Crippen LogP contribution is -1.86. The zero-order valence-corrected chi connectivity index (χ0v) is 5.47. The maximum atomic E-state index is 12.9. The van der Waals surface area contributed by atoms with Gasteiger partial charge in [-0.15, -0.1) is 0 Å². The standard InChI is InChI=1S/C8H6FNO/c1-11-7-3-2-6(5-10)8(9)4-7/h2-4H,1H3/i1D3. The maximum absolute atomic E-state index is 12.9. The number of halogens is 1.